The summed E-state index contributed by atoms with van der Waals surface area (Å²) in [5.74, 6) is 0.182. The highest BCUT2D eigenvalue weighted by atomic mass is 16.5. The molecule has 0 bridgehead atoms. The van der Waals surface area contributed by atoms with Gasteiger partial charge in [-0.25, -0.2) is 0 Å². The Kier molecular flexibility index (Phi) is 10.0. The molecule has 170 valence electrons. The highest BCUT2D eigenvalue weighted by Gasteiger charge is 2.24. The molecule has 2 unspecified atom stereocenters. The van der Waals surface area contributed by atoms with E-state index in [9.17, 15) is 9.59 Å². The lowest BCUT2D eigenvalue weighted by molar-refractivity contribution is -0.147. The summed E-state index contributed by atoms with van der Waals surface area (Å²) in [6.07, 6.45) is 2.26. The van der Waals surface area contributed by atoms with E-state index in [4.69, 9.17) is 14.2 Å². The Bertz CT molecular complexity index is 909. The first-order valence-corrected chi connectivity index (χ1v) is 10.1. The molecule has 0 fully saturated rings. The summed E-state index contributed by atoms with van der Waals surface area (Å²) in [5, 5.41) is 2.79. The Morgan fingerprint density at radius 1 is 1.03 bits per heavy atom. The van der Waals surface area contributed by atoms with Gasteiger partial charge in [-0.1, -0.05) is 36.4 Å². The SMILES string of the molecule is C=CCOC(CC(=O)OC)C(=O)Nc1ccccc1OC(CC=C)c1ccc(OC)cc1. The Morgan fingerprint density at radius 2 is 1.75 bits per heavy atom. The molecule has 2 aromatic carbocycles. The van der Waals surface area contributed by atoms with E-state index < -0.39 is 18.0 Å². The van der Waals surface area contributed by atoms with E-state index in [1.54, 1.807) is 31.4 Å². The first kappa shape index (κ1) is 24.7. The predicted molar refractivity (Wildman–Crippen MR) is 123 cm³/mol. The first-order valence-electron chi connectivity index (χ1n) is 10.1. The van der Waals surface area contributed by atoms with E-state index in [2.05, 4.69) is 23.2 Å². The van der Waals surface area contributed by atoms with Gasteiger partial charge in [0.15, 0.2) is 0 Å². The highest BCUT2D eigenvalue weighted by molar-refractivity contribution is 5.97. The van der Waals surface area contributed by atoms with Crippen molar-refractivity contribution in [2.75, 3.05) is 26.1 Å². The summed E-state index contributed by atoms with van der Waals surface area (Å²) in [6.45, 7) is 7.50. The molecule has 0 saturated heterocycles. The van der Waals surface area contributed by atoms with Crippen LogP contribution in [-0.2, 0) is 19.1 Å². The summed E-state index contributed by atoms with van der Waals surface area (Å²) >= 11 is 0. The van der Waals surface area contributed by atoms with Crippen LogP contribution < -0.4 is 14.8 Å². The number of methoxy groups -OCH3 is 2. The lowest BCUT2D eigenvalue weighted by atomic mass is 10.1. The van der Waals surface area contributed by atoms with Gasteiger partial charge in [0.25, 0.3) is 5.91 Å². The molecule has 0 aromatic heterocycles. The lowest BCUT2D eigenvalue weighted by Gasteiger charge is -2.22. The monoisotopic (exact) mass is 439 g/mol. The minimum atomic E-state index is -1.03. The van der Waals surface area contributed by atoms with Crippen LogP contribution in [0.4, 0.5) is 5.69 Å². The third-order valence-electron chi connectivity index (χ3n) is 4.57. The number of amides is 1. The van der Waals surface area contributed by atoms with E-state index in [1.807, 2.05) is 30.3 Å². The third kappa shape index (κ3) is 7.28. The minimum absolute atomic E-state index is 0.117. The van der Waals surface area contributed by atoms with Gasteiger partial charge in [0.1, 0.15) is 23.7 Å². The maximum atomic E-state index is 12.8. The largest absolute Gasteiger partial charge is 0.497 e. The summed E-state index contributed by atoms with van der Waals surface area (Å²) in [5.41, 5.74) is 1.39. The number of rotatable bonds is 13. The molecular formula is C25H29NO6. The molecule has 0 spiro atoms. The maximum absolute atomic E-state index is 12.8. The van der Waals surface area contributed by atoms with E-state index in [-0.39, 0.29) is 19.1 Å². The third-order valence-corrected chi connectivity index (χ3v) is 4.57. The molecule has 2 rings (SSSR count). The Hall–Kier alpha value is -3.58. The van der Waals surface area contributed by atoms with Crippen LogP contribution in [0.25, 0.3) is 0 Å². The molecule has 7 heteroatoms. The van der Waals surface area contributed by atoms with Gasteiger partial charge in [-0.2, -0.15) is 0 Å². The summed E-state index contributed by atoms with van der Waals surface area (Å²) < 4.78 is 21.6. The van der Waals surface area contributed by atoms with E-state index >= 15 is 0 Å². The van der Waals surface area contributed by atoms with Gasteiger partial charge in [0, 0.05) is 6.42 Å². The molecule has 7 nitrogen and oxygen atoms in total. The zero-order valence-electron chi connectivity index (χ0n) is 18.4. The zero-order chi connectivity index (χ0) is 23.3. The molecule has 0 radical (unpaired) electrons. The fraction of sp³-hybridized carbons (Fsp3) is 0.280. The smallest absolute Gasteiger partial charge is 0.308 e. The average Bonchev–Trinajstić information content (AvgIpc) is 2.82. The molecule has 0 aliphatic rings. The van der Waals surface area contributed by atoms with Crippen LogP contribution in [0.5, 0.6) is 11.5 Å². The van der Waals surface area contributed by atoms with Crippen molar-refractivity contribution in [2.45, 2.75) is 25.0 Å². The van der Waals surface area contributed by atoms with Crippen LogP contribution in [-0.4, -0.2) is 38.8 Å². The van der Waals surface area contributed by atoms with Gasteiger partial charge in [0.2, 0.25) is 0 Å². The second kappa shape index (κ2) is 13.0. The number of carbonyl (C=O) groups excluding carboxylic acids is 2. The summed E-state index contributed by atoms with van der Waals surface area (Å²) in [4.78, 5) is 24.5. The fourth-order valence-corrected chi connectivity index (χ4v) is 2.91. The van der Waals surface area contributed by atoms with Crippen molar-refractivity contribution in [1.82, 2.24) is 0 Å². The van der Waals surface area contributed by atoms with Crippen LogP contribution in [0.2, 0.25) is 0 Å². The number of para-hydroxylation sites is 2. The van der Waals surface area contributed by atoms with Crippen molar-refractivity contribution >= 4 is 17.6 Å². The number of benzene rings is 2. The van der Waals surface area contributed by atoms with Crippen molar-refractivity contribution in [1.29, 1.82) is 0 Å². The van der Waals surface area contributed by atoms with Crippen LogP contribution in [0.15, 0.2) is 73.8 Å². The van der Waals surface area contributed by atoms with Crippen LogP contribution >= 0.6 is 0 Å². The van der Waals surface area contributed by atoms with Crippen molar-refractivity contribution < 1.29 is 28.5 Å². The van der Waals surface area contributed by atoms with E-state index in [0.29, 0.717) is 17.9 Å². The molecule has 0 heterocycles. The average molecular weight is 440 g/mol. The molecule has 0 aliphatic carbocycles. The second-order valence-corrected chi connectivity index (χ2v) is 6.78. The predicted octanol–water partition coefficient (Wildman–Crippen LogP) is 4.46. The normalized spacial score (nSPS) is 12.2. The van der Waals surface area contributed by atoms with Crippen molar-refractivity contribution in [3.8, 4) is 11.5 Å². The van der Waals surface area contributed by atoms with Gasteiger partial charge in [0.05, 0.1) is 32.9 Å². The van der Waals surface area contributed by atoms with Gasteiger partial charge < -0.3 is 24.3 Å². The zero-order valence-corrected chi connectivity index (χ0v) is 18.4. The molecular weight excluding hydrogens is 410 g/mol. The number of hydrogen-bond donors (Lipinski definition) is 1. The van der Waals surface area contributed by atoms with Crippen LogP contribution in [0, 0.1) is 0 Å². The van der Waals surface area contributed by atoms with Crippen molar-refractivity contribution in [3.63, 3.8) is 0 Å². The Labute approximate surface area is 188 Å². The van der Waals surface area contributed by atoms with Crippen LogP contribution in [0.1, 0.15) is 24.5 Å². The quantitative estimate of drug-likeness (QED) is 0.366. The Morgan fingerprint density at radius 3 is 2.38 bits per heavy atom. The second-order valence-electron chi connectivity index (χ2n) is 6.78. The number of anilines is 1. The first-order chi connectivity index (χ1) is 15.5. The van der Waals surface area contributed by atoms with Crippen molar-refractivity contribution in [2.24, 2.45) is 0 Å². The number of carbonyl (C=O) groups is 2. The number of hydrogen-bond acceptors (Lipinski definition) is 6. The van der Waals surface area contributed by atoms with Gasteiger partial charge in [-0.05, 0) is 29.8 Å². The molecule has 0 aliphatic heterocycles. The topological polar surface area (TPSA) is 83.1 Å². The van der Waals surface area contributed by atoms with Gasteiger partial charge in [-0.15, -0.1) is 13.2 Å². The Balaban J connectivity index is 2.21. The molecule has 32 heavy (non-hydrogen) atoms. The standard InChI is InChI=1S/C25H29NO6/c1-5-9-21(18-12-14-19(29-3)15-13-18)32-22-11-8-7-10-20(22)26-25(28)23(31-16-6-2)17-24(27)30-4/h5-8,10-15,21,23H,1-2,9,16-17H2,3-4H3,(H,26,28). The van der Waals surface area contributed by atoms with Crippen LogP contribution in [0.3, 0.4) is 0 Å². The number of ether oxygens (including phenoxy) is 4. The van der Waals surface area contributed by atoms with E-state index in [1.165, 1.54) is 13.2 Å². The van der Waals surface area contributed by atoms with E-state index in [0.717, 1.165) is 11.3 Å². The molecule has 2 atom stereocenters. The van der Waals surface area contributed by atoms with Crippen molar-refractivity contribution in [3.05, 3.63) is 79.4 Å². The minimum Gasteiger partial charge on any atom is -0.497 e. The molecule has 1 N–H and O–H groups in total. The van der Waals surface area contributed by atoms with Gasteiger partial charge >= 0.3 is 5.97 Å². The molecule has 2 aromatic rings. The highest BCUT2D eigenvalue weighted by Crippen LogP contribution is 2.32. The summed E-state index contributed by atoms with van der Waals surface area (Å²) in [7, 11) is 2.87. The fourth-order valence-electron chi connectivity index (χ4n) is 2.91. The van der Waals surface area contributed by atoms with Gasteiger partial charge in [-0.3, -0.25) is 9.59 Å². The summed E-state index contributed by atoms with van der Waals surface area (Å²) in [6, 6.07) is 14.6. The lowest BCUT2D eigenvalue weighted by Crippen LogP contribution is -2.33. The molecule has 0 saturated carbocycles. The molecule has 1 amide bonds. The maximum Gasteiger partial charge on any atom is 0.308 e. The number of nitrogens with one attached hydrogen (secondary N) is 1. The number of esters is 1.